The molecule has 0 N–H and O–H groups in total. The van der Waals surface area contributed by atoms with E-state index in [2.05, 4.69) is 73.8 Å². The molecule has 0 unspecified atom stereocenters. The molecule has 35 heavy (non-hydrogen) atoms. The Bertz CT molecular complexity index is 1220. The van der Waals surface area contributed by atoms with E-state index in [0.29, 0.717) is 18.1 Å². The molecule has 0 fully saturated rings. The van der Waals surface area contributed by atoms with Gasteiger partial charge in [0.2, 0.25) is 12.5 Å². The van der Waals surface area contributed by atoms with E-state index in [1.54, 1.807) is 7.11 Å². The van der Waals surface area contributed by atoms with Gasteiger partial charge in [-0.1, -0.05) is 40.7 Å². The smallest absolute Gasteiger partial charge is 0.231 e. The first-order valence-corrected chi connectivity index (χ1v) is 12.8. The Hall–Kier alpha value is -2.53. The SMILES string of the molecule is COc1c2c(cc3c1[C@H](CC(=O)c1cc4c(cc1C)C(C)(C)[C@@H](C)C4(C)C)[N+](C)(C)CC3)OCO2. The predicted octanol–water partition coefficient (Wildman–Crippen LogP) is 5.88. The molecule has 2 atom stereocenters. The lowest BCUT2D eigenvalue weighted by molar-refractivity contribution is -0.922. The van der Waals surface area contributed by atoms with Crippen molar-refractivity contribution in [3.8, 4) is 17.2 Å². The monoisotopic (exact) mass is 478 g/mol. The van der Waals surface area contributed by atoms with Gasteiger partial charge in [-0.2, -0.15) is 0 Å². The van der Waals surface area contributed by atoms with Crippen molar-refractivity contribution in [2.24, 2.45) is 5.92 Å². The second kappa shape index (κ2) is 7.73. The maximum absolute atomic E-state index is 14.0. The summed E-state index contributed by atoms with van der Waals surface area (Å²) in [6.45, 7) is 14.9. The van der Waals surface area contributed by atoms with Crippen LogP contribution in [0.3, 0.4) is 0 Å². The molecule has 3 aliphatic rings. The predicted molar refractivity (Wildman–Crippen MR) is 138 cm³/mol. The second-order valence-electron chi connectivity index (χ2n) is 12.5. The average Bonchev–Trinajstić information content (AvgIpc) is 3.30. The molecule has 0 bridgehead atoms. The Labute approximate surface area is 210 Å². The molecule has 5 rings (SSSR count). The number of Topliss-reactive ketones (excluding diaryl/α,β-unsaturated/α-hetero) is 1. The number of ether oxygens (including phenoxy) is 3. The number of carbonyl (C=O) groups excluding carboxylic acids is 1. The number of fused-ring (bicyclic) bond motifs is 3. The number of methoxy groups -OCH3 is 1. The number of aryl methyl sites for hydroxylation is 1. The van der Waals surface area contributed by atoms with Crippen LogP contribution in [0.5, 0.6) is 17.2 Å². The average molecular weight is 479 g/mol. The summed E-state index contributed by atoms with van der Waals surface area (Å²) in [5.74, 6) is 2.82. The van der Waals surface area contributed by atoms with Gasteiger partial charge in [-0.05, 0) is 58.1 Å². The lowest BCUT2D eigenvalue weighted by Gasteiger charge is -2.43. The fourth-order valence-electron chi connectivity index (χ4n) is 6.84. The number of nitrogens with zero attached hydrogens (tertiary/aromatic N) is 1. The Morgan fingerprint density at radius 2 is 1.74 bits per heavy atom. The minimum Gasteiger partial charge on any atom is -0.492 e. The second-order valence-corrected chi connectivity index (χ2v) is 12.5. The van der Waals surface area contributed by atoms with Crippen LogP contribution in [-0.4, -0.2) is 44.8 Å². The van der Waals surface area contributed by atoms with E-state index < -0.39 is 0 Å². The Morgan fingerprint density at radius 1 is 1.09 bits per heavy atom. The summed E-state index contributed by atoms with van der Waals surface area (Å²) in [6.07, 6.45) is 1.34. The highest BCUT2D eigenvalue weighted by Crippen LogP contribution is 2.55. The maximum Gasteiger partial charge on any atom is 0.231 e. The zero-order valence-electron chi connectivity index (χ0n) is 22.8. The van der Waals surface area contributed by atoms with Crippen LogP contribution in [0, 0.1) is 12.8 Å². The number of hydrogen-bond donors (Lipinski definition) is 0. The Kier molecular flexibility index (Phi) is 5.34. The molecule has 2 aromatic rings. The molecular formula is C30H40NO4+. The van der Waals surface area contributed by atoms with Gasteiger partial charge in [-0.3, -0.25) is 4.79 Å². The summed E-state index contributed by atoms with van der Waals surface area (Å²) >= 11 is 0. The van der Waals surface area contributed by atoms with Gasteiger partial charge in [0, 0.05) is 12.0 Å². The number of likely N-dealkylation sites (N-methyl/N-ethyl adjacent to an activating group) is 1. The van der Waals surface area contributed by atoms with Crippen LogP contribution >= 0.6 is 0 Å². The number of quaternary nitrogens is 1. The van der Waals surface area contributed by atoms with Gasteiger partial charge in [0.25, 0.3) is 0 Å². The van der Waals surface area contributed by atoms with E-state index in [4.69, 9.17) is 14.2 Å². The highest BCUT2D eigenvalue weighted by atomic mass is 16.7. The van der Waals surface area contributed by atoms with E-state index in [1.807, 2.05) is 0 Å². The summed E-state index contributed by atoms with van der Waals surface area (Å²) in [5.41, 5.74) is 7.04. The van der Waals surface area contributed by atoms with E-state index in [1.165, 1.54) is 16.7 Å². The van der Waals surface area contributed by atoms with Gasteiger partial charge in [-0.25, -0.2) is 0 Å². The minimum atomic E-state index is -0.0215. The number of carbonyl (C=O) groups is 1. The van der Waals surface area contributed by atoms with Gasteiger partial charge >= 0.3 is 0 Å². The third-order valence-electron chi connectivity index (χ3n) is 9.68. The third-order valence-corrected chi connectivity index (χ3v) is 9.68. The summed E-state index contributed by atoms with van der Waals surface area (Å²) in [5, 5.41) is 0. The van der Waals surface area contributed by atoms with Crippen LogP contribution in [0.4, 0.5) is 0 Å². The lowest BCUT2D eigenvalue weighted by Crippen LogP contribution is -2.48. The number of hydrogen-bond acceptors (Lipinski definition) is 4. The van der Waals surface area contributed by atoms with Crippen molar-refractivity contribution in [2.45, 2.75) is 71.3 Å². The molecule has 0 saturated heterocycles. The van der Waals surface area contributed by atoms with Crippen LogP contribution in [-0.2, 0) is 17.3 Å². The molecule has 2 aliphatic heterocycles. The molecule has 2 aromatic carbocycles. The molecule has 0 aromatic heterocycles. The quantitative estimate of drug-likeness (QED) is 0.406. The molecule has 5 nitrogen and oxygen atoms in total. The molecule has 2 heterocycles. The molecule has 0 spiro atoms. The Morgan fingerprint density at radius 3 is 2.40 bits per heavy atom. The molecule has 0 amide bonds. The first-order chi connectivity index (χ1) is 16.3. The van der Waals surface area contributed by atoms with E-state index >= 15 is 0 Å². The molecule has 5 heteroatoms. The minimum absolute atomic E-state index is 0.0215. The van der Waals surface area contributed by atoms with E-state index in [-0.39, 0.29) is 29.4 Å². The lowest BCUT2D eigenvalue weighted by atomic mass is 9.71. The number of ketones is 1. The van der Waals surface area contributed by atoms with Crippen molar-refractivity contribution in [1.29, 1.82) is 0 Å². The highest BCUT2D eigenvalue weighted by Gasteiger charge is 2.49. The fraction of sp³-hybridized carbons (Fsp3) is 0.567. The van der Waals surface area contributed by atoms with Crippen molar-refractivity contribution in [3.63, 3.8) is 0 Å². The van der Waals surface area contributed by atoms with Crippen molar-refractivity contribution < 1.29 is 23.5 Å². The third kappa shape index (κ3) is 3.41. The van der Waals surface area contributed by atoms with Crippen molar-refractivity contribution >= 4 is 5.78 Å². The summed E-state index contributed by atoms with van der Waals surface area (Å²) in [7, 11) is 6.11. The first kappa shape index (κ1) is 24.2. The largest absolute Gasteiger partial charge is 0.492 e. The zero-order valence-corrected chi connectivity index (χ0v) is 22.8. The molecule has 188 valence electrons. The molecule has 1 aliphatic carbocycles. The van der Waals surface area contributed by atoms with Crippen LogP contribution in [0.1, 0.15) is 85.3 Å². The van der Waals surface area contributed by atoms with Gasteiger partial charge in [0.05, 0.1) is 39.7 Å². The zero-order chi connectivity index (χ0) is 25.5. The van der Waals surface area contributed by atoms with Gasteiger partial charge < -0.3 is 18.7 Å². The summed E-state index contributed by atoms with van der Waals surface area (Å²) < 4.78 is 18.1. The van der Waals surface area contributed by atoms with E-state index in [0.717, 1.165) is 45.6 Å². The summed E-state index contributed by atoms with van der Waals surface area (Å²) in [6, 6.07) is 6.55. The van der Waals surface area contributed by atoms with Crippen LogP contribution < -0.4 is 14.2 Å². The summed E-state index contributed by atoms with van der Waals surface area (Å²) in [4.78, 5) is 14.0. The topological polar surface area (TPSA) is 44.8 Å². The number of benzene rings is 2. The number of rotatable bonds is 4. The normalized spacial score (nSPS) is 24.6. The molecule has 0 saturated carbocycles. The fourth-order valence-corrected chi connectivity index (χ4v) is 6.84. The molecular weight excluding hydrogens is 438 g/mol. The maximum atomic E-state index is 14.0. The van der Waals surface area contributed by atoms with Gasteiger partial charge in [0.15, 0.2) is 17.3 Å². The van der Waals surface area contributed by atoms with Gasteiger partial charge in [-0.15, -0.1) is 0 Å². The van der Waals surface area contributed by atoms with Crippen LogP contribution in [0.25, 0.3) is 0 Å². The highest BCUT2D eigenvalue weighted by molar-refractivity contribution is 5.98. The van der Waals surface area contributed by atoms with Crippen molar-refractivity contribution in [3.05, 3.63) is 51.6 Å². The van der Waals surface area contributed by atoms with Crippen molar-refractivity contribution in [1.82, 2.24) is 0 Å². The first-order valence-electron chi connectivity index (χ1n) is 12.8. The van der Waals surface area contributed by atoms with Crippen molar-refractivity contribution in [2.75, 3.05) is 34.5 Å². The standard InChI is InChI=1S/C30H40NO4/c1-17-12-21-22(30(5,6)18(2)29(21,3)4)14-20(17)24(32)15-23-26-19(10-11-31(23,7)8)13-25-27(28(26)33-9)35-16-34-25/h12-14,18,23H,10-11,15-16H2,1-9H3/q+1/t18-,23+/m1/s1. The molecule has 0 radical (unpaired) electrons. The Balaban J connectivity index is 1.57. The van der Waals surface area contributed by atoms with E-state index in [9.17, 15) is 4.79 Å². The van der Waals surface area contributed by atoms with Crippen LogP contribution in [0.15, 0.2) is 18.2 Å². The van der Waals surface area contributed by atoms with Crippen LogP contribution in [0.2, 0.25) is 0 Å². The van der Waals surface area contributed by atoms with Gasteiger partial charge in [0.1, 0.15) is 6.04 Å².